The molecule has 3 atom stereocenters. The van der Waals surface area contributed by atoms with Crippen molar-refractivity contribution in [3.63, 3.8) is 0 Å². The summed E-state index contributed by atoms with van der Waals surface area (Å²) in [5, 5.41) is 8.72. The van der Waals surface area contributed by atoms with E-state index in [9.17, 15) is 19.2 Å². The van der Waals surface area contributed by atoms with Crippen LogP contribution in [-0.4, -0.2) is 53.1 Å². The second-order valence-electron chi connectivity index (χ2n) is 8.78. The summed E-state index contributed by atoms with van der Waals surface area (Å²) < 4.78 is 0. The van der Waals surface area contributed by atoms with Crippen LogP contribution in [0.15, 0.2) is 0 Å². The van der Waals surface area contributed by atoms with E-state index in [-0.39, 0.29) is 17.7 Å². The Morgan fingerprint density at radius 1 is 1.03 bits per heavy atom. The molecule has 1 rings (SSSR count). The van der Waals surface area contributed by atoms with E-state index in [1.807, 2.05) is 49.3 Å². The molecule has 1 saturated heterocycles. The average molecular weight is 474 g/mol. The number of likely N-dealkylation sites (N-methyl/N-ethyl adjacent to an activating group) is 1. The maximum atomic E-state index is 12.9. The van der Waals surface area contributed by atoms with Crippen molar-refractivity contribution in [3.8, 4) is 0 Å². The van der Waals surface area contributed by atoms with Gasteiger partial charge in [-0.25, -0.2) is 0 Å². The second-order valence-corrected chi connectivity index (χ2v) is 11.6. The number of Topliss-reactive ketones (excluding diaryl/α,β-unsaturated/α-hetero) is 1. The summed E-state index contributed by atoms with van der Waals surface area (Å²) in [4.78, 5) is 49.8. The fraction of sp³-hybridized carbons (Fsp3) is 0.818. The van der Waals surface area contributed by atoms with E-state index < -0.39 is 29.7 Å². The van der Waals surface area contributed by atoms with Crippen LogP contribution in [0.2, 0.25) is 0 Å². The summed E-state index contributed by atoms with van der Waals surface area (Å²) in [6, 6.07) is -1.65. The van der Waals surface area contributed by atoms with E-state index >= 15 is 0 Å². The van der Waals surface area contributed by atoms with Gasteiger partial charge in [0.2, 0.25) is 17.6 Å². The number of amides is 3. The summed E-state index contributed by atoms with van der Waals surface area (Å²) in [5.41, 5.74) is 0. The summed E-state index contributed by atoms with van der Waals surface area (Å²) in [6.45, 7) is 9.63. The lowest BCUT2D eigenvalue weighted by molar-refractivity contribution is -0.140. The summed E-state index contributed by atoms with van der Waals surface area (Å²) >= 11 is 0. The normalized spacial score (nSPS) is 18.0. The van der Waals surface area contributed by atoms with Crippen LogP contribution in [0.25, 0.3) is 0 Å². The van der Waals surface area contributed by atoms with Crippen LogP contribution in [-0.2, 0) is 19.2 Å². The molecule has 0 aromatic heterocycles. The molecule has 3 N–H and O–H groups in total. The van der Waals surface area contributed by atoms with E-state index in [0.717, 1.165) is 19.3 Å². The minimum atomic E-state index is -0.904. The SMILES string of the molecule is CCNC(=O)C(=O)[C@H](CC(C)C)NC(=O)[C@@H](NC(=O)CCCCC1CCSS1)C(C)C. The molecule has 1 heterocycles. The van der Waals surface area contributed by atoms with Gasteiger partial charge in [0.05, 0.1) is 6.04 Å². The van der Waals surface area contributed by atoms with Gasteiger partial charge in [-0.15, -0.1) is 0 Å². The highest BCUT2D eigenvalue weighted by atomic mass is 33.1. The van der Waals surface area contributed by atoms with Crippen LogP contribution in [0.5, 0.6) is 0 Å². The quantitative estimate of drug-likeness (QED) is 0.203. The molecule has 0 saturated carbocycles. The molecule has 1 fully saturated rings. The van der Waals surface area contributed by atoms with E-state index in [4.69, 9.17) is 0 Å². The van der Waals surface area contributed by atoms with E-state index in [2.05, 4.69) is 16.0 Å². The molecule has 0 aromatic rings. The molecule has 1 aliphatic rings. The molecule has 0 aromatic carbocycles. The Kier molecular flexibility index (Phi) is 13.3. The number of hydrogen-bond acceptors (Lipinski definition) is 6. The van der Waals surface area contributed by atoms with Gasteiger partial charge in [0, 0.05) is 24.0 Å². The molecule has 1 aliphatic heterocycles. The van der Waals surface area contributed by atoms with Crippen molar-refractivity contribution in [2.75, 3.05) is 12.3 Å². The van der Waals surface area contributed by atoms with Gasteiger partial charge < -0.3 is 16.0 Å². The molecule has 31 heavy (non-hydrogen) atoms. The van der Waals surface area contributed by atoms with Crippen molar-refractivity contribution in [1.29, 1.82) is 0 Å². The highest BCUT2D eigenvalue weighted by Gasteiger charge is 2.31. The van der Waals surface area contributed by atoms with Crippen LogP contribution in [0, 0.1) is 11.8 Å². The molecule has 0 aliphatic carbocycles. The van der Waals surface area contributed by atoms with Crippen LogP contribution < -0.4 is 16.0 Å². The lowest BCUT2D eigenvalue weighted by Crippen LogP contribution is -2.55. The number of carbonyl (C=O) groups excluding carboxylic acids is 4. The van der Waals surface area contributed by atoms with Gasteiger partial charge in [-0.05, 0) is 44.4 Å². The standard InChI is InChI=1S/C22H39N3O4S2/c1-6-23-22(29)20(27)17(13-14(2)3)24-21(28)19(15(4)5)25-18(26)10-8-7-9-16-11-12-30-31-16/h14-17,19H,6-13H2,1-5H3,(H,23,29)(H,24,28)(H,25,26)/t16?,17-,19-/m0/s1. The van der Waals surface area contributed by atoms with Crippen LogP contribution in [0.4, 0.5) is 0 Å². The highest BCUT2D eigenvalue weighted by molar-refractivity contribution is 8.77. The zero-order valence-electron chi connectivity index (χ0n) is 19.5. The lowest BCUT2D eigenvalue weighted by Gasteiger charge is -2.25. The number of unbranched alkanes of at least 4 members (excludes halogenated alkanes) is 1. The molecule has 1 unspecified atom stereocenters. The number of ketones is 1. The second kappa shape index (κ2) is 14.8. The Morgan fingerprint density at radius 2 is 1.74 bits per heavy atom. The van der Waals surface area contributed by atoms with Crippen molar-refractivity contribution in [3.05, 3.63) is 0 Å². The van der Waals surface area contributed by atoms with Gasteiger partial charge in [0.25, 0.3) is 5.91 Å². The fourth-order valence-corrected chi connectivity index (χ4v) is 6.40. The Balaban J connectivity index is 2.60. The molecule has 0 spiro atoms. The van der Waals surface area contributed by atoms with E-state index in [1.54, 1.807) is 6.92 Å². The minimum Gasteiger partial charge on any atom is -0.350 e. The maximum absolute atomic E-state index is 12.9. The third-order valence-corrected chi connectivity index (χ3v) is 8.08. The molecule has 0 bridgehead atoms. The molecule has 0 radical (unpaired) electrons. The van der Waals surface area contributed by atoms with Gasteiger partial charge in [0.15, 0.2) is 0 Å². The fourth-order valence-electron chi connectivity index (χ4n) is 3.37. The molecule has 178 valence electrons. The van der Waals surface area contributed by atoms with Crippen LogP contribution in [0.3, 0.4) is 0 Å². The van der Waals surface area contributed by atoms with Crippen molar-refractivity contribution in [2.45, 2.75) is 90.5 Å². The maximum Gasteiger partial charge on any atom is 0.289 e. The number of hydrogen-bond donors (Lipinski definition) is 3. The topological polar surface area (TPSA) is 104 Å². The molecule has 9 heteroatoms. The molecule has 3 amide bonds. The Bertz CT molecular complexity index is 608. The number of rotatable bonds is 14. The first kappa shape index (κ1) is 27.8. The van der Waals surface area contributed by atoms with Gasteiger partial charge in [-0.1, -0.05) is 55.7 Å². The molecule has 7 nitrogen and oxygen atoms in total. The average Bonchev–Trinajstić information content (AvgIpc) is 3.21. The first-order valence-corrected chi connectivity index (χ1v) is 13.7. The van der Waals surface area contributed by atoms with Crippen LogP contribution >= 0.6 is 21.6 Å². The lowest BCUT2D eigenvalue weighted by atomic mass is 9.97. The first-order valence-electron chi connectivity index (χ1n) is 11.4. The zero-order valence-corrected chi connectivity index (χ0v) is 21.1. The monoisotopic (exact) mass is 473 g/mol. The first-order chi connectivity index (χ1) is 14.6. The molecular formula is C22H39N3O4S2. The van der Waals surface area contributed by atoms with Crippen molar-refractivity contribution in [1.82, 2.24) is 16.0 Å². The van der Waals surface area contributed by atoms with Gasteiger partial charge in [-0.2, -0.15) is 0 Å². The molecular weight excluding hydrogens is 434 g/mol. The predicted octanol–water partition coefficient (Wildman–Crippen LogP) is 3.08. The Morgan fingerprint density at radius 3 is 2.29 bits per heavy atom. The van der Waals surface area contributed by atoms with E-state index in [0.29, 0.717) is 24.6 Å². The predicted molar refractivity (Wildman–Crippen MR) is 129 cm³/mol. The zero-order chi connectivity index (χ0) is 23.4. The van der Waals surface area contributed by atoms with Gasteiger partial charge in [-0.3, -0.25) is 19.2 Å². The Hall–Kier alpha value is -1.22. The van der Waals surface area contributed by atoms with E-state index in [1.165, 1.54) is 12.2 Å². The Labute approximate surface area is 194 Å². The summed E-state index contributed by atoms with van der Waals surface area (Å²) in [7, 11) is 3.86. The van der Waals surface area contributed by atoms with Gasteiger partial charge >= 0.3 is 0 Å². The van der Waals surface area contributed by atoms with Crippen molar-refractivity contribution in [2.24, 2.45) is 11.8 Å². The summed E-state index contributed by atoms with van der Waals surface area (Å²) in [5.74, 6) is -0.745. The third-order valence-electron chi connectivity index (χ3n) is 5.07. The number of carbonyl (C=O) groups is 4. The highest BCUT2D eigenvalue weighted by Crippen LogP contribution is 2.39. The number of nitrogens with one attached hydrogen (secondary N) is 3. The minimum absolute atomic E-state index is 0.118. The van der Waals surface area contributed by atoms with Crippen molar-refractivity contribution < 1.29 is 19.2 Å². The smallest absolute Gasteiger partial charge is 0.289 e. The third kappa shape index (κ3) is 10.8. The van der Waals surface area contributed by atoms with Crippen LogP contribution in [0.1, 0.15) is 73.1 Å². The largest absolute Gasteiger partial charge is 0.350 e. The summed E-state index contributed by atoms with van der Waals surface area (Å²) in [6.07, 6.45) is 4.90. The van der Waals surface area contributed by atoms with Crippen molar-refractivity contribution >= 4 is 45.1 Å². The van der Waals surface area contributed by atoms with Gasteiger partial charge in [0.1, 0.15) is 6.04 Å².